The van der Waals surface area contributed by atoms with E-state index >= 15 is 0 Å². The monoisotopic (exact) mass is 462 g/mol. The number of rotatable bonds is 9. The van der Waals surface area contributed by atoms with Crippen LogP contribution in [0.1, 0.15) is 30.4 Å². The summed E-state index contributed by atoms with van der Waals surface area (Å²) < 4.78 is 0. The van der Waals surface area contributed by atoms with Gasteiger partial charge in [0, 0.05) is 24.3 Å². The average Bonchev–Trinajstić information content (AvgIpc) is 2.95. The highest BCUT2D eigenvalue weighted by molar-refractivity contribution is 9.09. The minimum absolute atomic E-state index is 0.196. The Morgan fingerprint density at radius 2 is 1.39 bits per heavy atom. The van der Waals surface area contributed by atoms with Gasteiger partial charge in [-0.3, -0.25) is 9.69 Å². The van der Waals surface area contributed by atoms with Gasteiger partial charge in [0.15, 0.2) is 5.54 Å². The minimum Gasteiger partial charge on any atom is -0.302 e. The van der Waals surface area contributed by atoms with E-state index in [1.165, 1.54) is 4.90 Å². The van der Waals surface area contributed by atoms with E-state index in [1.807, 2.05) is 60.7 Å². The summed E-state index contributed by atoms with van der Waals surface area (Å²) in [5.41, 5.74) is 0.483. The number of urea groups is 1. The van der Waals surface area contributed by atoms with Gasteiger partial charge in [-0.2, -0.15) is 0 Å². The van der Waals surface area contributed by atoms with E-state index in [2.05, 4.69) is 15.9 Å². The SMILES string of the molecule is O=C1N(CCCCl)C(=O)C(c2ccccc2)(c2ccccc2)N1CCCCBr. The first kappa shape index (κ1) is 20.9. The maximum atomic E-state index is 13.8. The van der Waals surface area contributed by atoms with E-state index in [9.17, 15) is 9.59 Å². The van der Waals surface area contributed by atoms with Gasteiger partial charge in [0.25, 0.3) is 5.91 Å². The van der Waals surface area contributed by atoms with Crippen LogP contribution in [-0.4, -0.2) is 46.0 Å². The molecule has 0 aromatic heterocycles. The molecule has 1 fully saturated rings. The van der Waals surface area contributed by atoms with Gasteiger partial charge in [-0.25, -0.2) is 4.79 Å². The van der Waals surface area contributed by atoms with Crippen molar-refractivity contribution in [3.63, 3.8) is 0 Å². The maximum absolute atomic E-state index is 13.8. The van der Waals surface area contributed by atoms with Gasteiger partial charge in [0.2, 0.25) is 0 Å². The third-order valence-electron chi connectivity index (χ3n) is 5.09. The van der Waals surface area contributed by atoms with Gasteiger partial charge in [-0.15, -0.1) is 11.6 Å². The molecule has 0 N–H and O–H groups in total. The molecule has 1 heterocycles. The van der Waals surface area contributed by atoms with Gasteiger partial charge in [0.1, 0.15) is 0 Å². The Morgan fingerprint density at radius 1 is 0.821 bits per heavy atom. The van der Waals surface area contributed by atoms with Crippen molar-refractivity contribution in [1.29, 1.82) is 0 Å². The number of amides is 3. The lowest BCUT2D eigenvalue weighted by Crippen LogP contribution is -2.48. The first-order chi connectivity index (χ1) is 13.7. The van der Waals surface area contributed by atoms with Crippen molar-refractivity contribution < 1.29 is 9.59 Å². The zero-order valence-electron chi connectivity index (χ0n) is 15.7. The molecule has 1 aliphatic heterocycles. The zero-order valence-corrected chi connectivity index (χ0v) is 18.0. The summed E-state index contributed by atoms with van der Waals surface area (Å²) >= 11 is 9.31. The molecule has 0 unspecified atom stereocenters. The van der Waals surface area contributed by atoms with Crippen LogP contribution in [0.5, 0.6) is 0 Å². The Hall–Kier alpha value is -1.85. The molecule has 1 saturated heterocycles. The van der Waals surface area contributed by atoms with Gasteiger partial charge in [-0.1, -0.05) is 76.6 Å². The molecule has 2 aromatic carbocycles. The molecule has 0 bridgehead atoms. The van der Waals surface area contributed by atoms with E-state index in [-0.39, 0.29) is 11.9 Å². The van der Waals surface area contributed by atoms with Crippen LogP contribution in [0.3, 0.4) is 0 Å². The molecular formula is C22H24BrClN2O2. The fourth-order valence-electron chi connectivity index (χ4n) is 3.81. The van der Waals surface area contributed by atoms with Crippen molar-refractivity contribution in [1.82, 2.24) is 9.80 Å². The average molecular weight is 464 g/mol. The van der Waals surface area contributed by atoms with Crippen molar-refractivity contribution in [2.24, 2.45) is 0 Å². The molecule has 0 aliphatic carbocycles. The van der Waals surface area contributed by atoms with Crippen molar-refractivity contribution in [2.75, 3.05) is 24.3 Å². The molecule has 148 valence electrons. The number of alkyl halides is 2. The van der Waals surface area contributed by atoms with Crippen molar-refractivity contribution in [2.45, 2.75) is 24.8 Å². The molecule has 3 rings (SSSR count). The number of carbonyl (C=O) groups is 2. The number of nitrogens with zero attached hydrogens (tertiary/aromatic N) is 2. The molecule has 0 spiro atoms. The quantitative estimate of drug-likeness (QED) is 0.298. The fraction of sp³-hybridized carbons (Fsp3) is 0.364. The van der Waals surface area contributed by atoms with Crippen LogP contribution >= 0.6 is 27.5 Å². The normalized spacial score (nSPS) is 16.1. The van der Waals surface area contributed by atoms with Crippen LogP contribution in [0, 0.1) is 0 Å². The predicted octanol–water partition coefficient (Wildman–Crippen LogP) is 5.00. The second kappa shape index (κ2) is 9.57. The Balaban J connectivity index is 2.17. The molecule has 3 amide bonds. The predicted molar refractivity (Wildman–Crippen MR) is 116 cm³/mol. The van der Waals surface area contributed by atoms with Crippen molar-refractivity contribution in [3.8, 4) is 0 Å². The summed E-state index contributed by atoms with van der Waals surface area (Å²) in [4.78, 5) is 30.3. The summed E-state index contributed by atoms with van der Waals surface area (Å²) in [6.07, 6.45) is 2.32. The minimum atomic E-state index is -1.14. The van der Waals surface area contributed by atoms with E-state index in [0.717, 1.165) is 29.3 Å². The molecule has 28 heavy (non-hydrogen) atoms. The lowest BCUT2D eigenvalue weighted by atomic mass is 9.81. The number of hydrogen-bond acceptors (Lipinski definition) is 2. The number of carbonyl (C=O) groups excluding carboxylic acids is 2. The highest BCUT2D eigenvalue weighted by atomic mass is 79.9. The van der Waals surface area contributed by atoms with Gasteiger partial charge < -0.3 is 4.90 Å². The van der Waals surface area contributed by atoms with E-state index < -0.39 is 5.54 Å². The third-order valence-corrected chi connectivity index (χ3v) is 5.91. The number of hydrogen-bond donors (Lipinski definition) is 0. The Labute approximate surface area is 179 Å². The summed E-state index contributed by atoms with van der Waals surface area (Å²) in [6.45, 7) is 0.842. The Kier molecular flexibility index (Phi) is 7.13. The lowest BCUT2D eigenvalue weighted by molar-refractivity contribution is -0.132. The Bertz CT molecular complexity index is 761. The van der Waals surface area contributed by atoms with Gasteiger partial charge in [-0.05, 0) is 30.4 Å². The van der Waals surface area contributed by atoms with Crippen LogP contribution in [-0.2, 0) is 10.3 Å². The van der Waals surface area contributed by atoms with Crippen LogP contribution in [0.4, 0.5) is 4.79 Å². The second-order valence-corrected chi connectivity index (χ2v) is 7.94. The smallest absolute Gasteiger partial charge is 0.302 e. The first-order valence-electron chi connectivity index (χ1n) is 9.54. The topological polar surface area (TPSA) is 40.6 Å². The maximum Gasteiger partial charge on any atom is 0.328 e. The van der Waals surface area contributed by atoms with E-state index in [4.69, 9.17) is 11.6 Å². The molecular weight excluding hydrogens is 440 g/mol. The van der Waals surface area contributed by atoms with Crippen LogP contribution in [0.25, 0.3) is 0 Å². The molecule has 1 aliphatic rings. The fourth-order valence-corrected chi connectivity index (χ4v) is 4.33. The van der Waals surface area contributed by atoms with Crippen LogP contribution in [0.15, 0.2) is 60.7 Å². The first-order valence-corrected chi connectivity index (χ1v) is 11.2. The third kappa shape index (κ3) is 3.70. The Morgan fingerprint density at radius 3 is 1.89 bits per heavy atom. The number of imide groups is 1. The highest BCUT2D eigenvalue weighted by Crippen LogP contribution is 2.43. The molecule has 0 radical (unpaired) electrons. The number of benzene rings is 2. The summed E-state index contributed by atoms with van der Waals surface area (Å²) in [5.74, 6) is 0.212. The van der Waals surface area contributed by atoms with Gasteiger partial charge in [0.05, 0.1) is 0 Å². The molecule has 4 nitrogen and oxygen atoms in total. The summed E-state index contributed by atoms with van der Waals surface area (Å²) in [7, 11) is 0. The number of halogens is 2. The molecule has 6 heteroatoms. The van der Waals surface area contributed by atoms with Gasteiger partial charge >= 0.3 is 6.03 Å². The second-order valence-electron chi connectivity index (χ2n) is 6.77. The number of unbranched alkanes of at least 4 members (excludes halogenated alkanes) is 1. The summed E-state index contributed by atoms with van der Waals surface area (Å²) in [6, 6.07) is 19.0. The lowest BCUT2D eigenvalue weighted by Gasteiger charge is -2.36. The summed E-state index contributed by atoms with van der Waals surface area (Å²) in [5, 5.41) is 0.864. The largest absolute Gasteiger partial charge is 0.328 e. The zero-order chi connectivity index (χ0) is 20.0. The van der Waals surface area contributed by atoms with Crippen molar-refractivity contribution >= 4 is 39.5 Å². The van der Waals surface area contributed by atoms with Crippen LogP contribution in [0.2, 0.25) is 0 Å². The standard InChI is InChI=1S/C22H24BrClN2O2/c23-14-7-8-17-26-21(28)25(16-9-15-24)20(27)22(26,18-10-3-1-4-11-18)19-12-5-2-6-13-19/h1-6,10-13H,7-9,14-17H2. The van der Waals surface area contributed by atoms with Crippen molar-refractivity contribution in [3.05, 3.63) is 71.8 Å². The van der Waals surface area contributed by atoms with E-state index in [0.29, 0.717) is 25.4 Å². The molecule has 0 saturated carbocycles. The molecule has 0 atom stereocenters. The van der Waals surface area contributed by atoms with Crippen LogP contribution < -0.4 is 0 Å². The molecule has 2 aromatic rings. The highest BCUT2D eigenvalue weighted by Gasteiger charge is 2.58. The van der Waals surface area contributed by atoms with E-state index in [1.54, 1.807) is 4.90 Å².